The zero-order valence-electron chi connectivity index (χ0n) is 18.4. The first-order chi connectivity index (χ1) is 12.8. The lowest BCUT2D eigenvalue weighted by atomic mass is 9.94. The monoisotopic (exact) mass is 393 g/mol. The van der Waals surface area contributed by atoms with Gasteiger partial charge >= 0.3 is 12.1 Å². The summed E-state index contributed by atoms with van der Waals surface area (Å²) < 4.78 is 11.1. The third-order valence-electron chi connectivity index (χ3n) is 4.18. The first-order valence-corrected chi connectivity index (χ1v) is 9.76. The number of hydrogen-bond donors (Lipinski definition) is 1. The molecule has 0 bridgehead atoms. The van der Waals surface area contributed by atoms with E-state index in [4.69, 9.17) is 9.47 Å². The molecule has 0 radical (unpaired) electrons. The quantitative estimate of drug-likeness (QED) is 0.448. The Labute approximate surface area is 169 Å². The summed E-state index contributed by atoms with van der Waals surface area (Å²) in [6, 6.07) is -1.19. The van der Waals surface area contributed by atoms with Gasteiger partial charge in [-0.25, -0.2) is 9.59 Å². The van der Waals surface area contributed by atoms with Crippen molar-refractivity contribution in [2.75, 3.05) is 0 Å². The molecule has 0 aromatic carbocycles. The van der Waals surface area contributed by atoms with E-state index in [9.17, 15) is 14.7 Å². The Kier molecular flexibility index (Phi) is 8.13. The average Bonchev–Trinajstić information content (AvgIpc) is 2.83. The highest BCUT2D eigenvalue weighted by molar-refractivity contribution is 5.83. The molecule has 1 aliphatic rings. The van der Waals surface area contributed by atoms with Crippen molar-refractivity contribution in [3.8, 4) is 11.8 Å². The molecule has 1 fully saturated rings. The van der Waals surface area contributed by atoms with Crippen molar-refractivity contribution in [2.24, 2.45) is 5.92 Å². The second kappa shape index (κ2) is 9.47. The van der Waals surface area contributed by atoms with Gasteiger partial charge in [-0.3, -0.25) is 4.90 Å². The smallest absolute Gasteiger partial charge is 0.411 e. The zero-order chi connectivity index (χ0) is 21.7. The Morgan fingerprint density at radius 1 is 1.18 bits per heavy atom. The van der Waals surface area contributed by atoms with E-state index in [0.29, 0.717) is 6.42 Å². The summed E-state index contributed by atoms with van der Waals surface area (Å²) >= 11 is 0. The topological polar surface area (TPSA) is 76.1 Å². The van der Waals surface area contributed by atoms with Crippen LogP contribution < -0.4 is 0 Å². The molecule has 1 amide bonds. The van der Waals surface area contributed by atoms with Crippen LogP contribution in [0.4, 0.5) is 4.79 Å². The highest BCUT2D eigenvalue weighted by Crippen LogP contribution is 2.36. The highest BCUT2D eigenvalue weighted by Gasteiger charge is 2.49. The van der Waals surface area contributed by atoms with E-state index in [0.717, 1.165) is 0 Å². The van der Waals surface area contributed by atoms with Gasteiger partial charge in [0.15, 0.2) is 0 Å². The molecule has 0 aliphatic carbocycles. The standard InChI is InChI=1S/C22H35NO5/c1-9-11-15-13-18(19(25)27-21(3,4)5)23(20(26)28-22(6,7)8)17(15)14-16(24)12-10-2/h9,11,15-18,24H,13-14H2,1-8H3/t15-,16?,17-,18-/m1/s1. The Morgan fingerprint density at radius 2 is 1.75 bits per heavy atom. The Hall–Kier alpha value is -2.00. The minimum Gasteiger partial charge on any atom is -0.458 e. The number of hydrogen-bond acceptors (Lipinski definition) is 5. The molecule has 6 heteroatoms. The fraction of sp³-hybridized carbons (Fsp3) is 0.727. The van der Waals surface area contributed by atoms with Crippen LogP contribution in [0, 0.1) is 17.8 Å². The van der Waals surface area contributed by atoms with Gasteiger partial charge in [0.1, 0.15) is 23.3 Å². The number of aliphatic hydroxyl groups excluding tert-OH is 1. The highest BCUT2D eigenvalue weighted by atomic mass is 16.6. The largest absolute Gasteiger partial charge is 0.458 e. The van der Waals surface area contributed by atoms with Crippen molar-refractivity contribution in [1.82, 2.24) is 4.90 Å². The van der Waals surface area contributed by atoms with Gasteiger partial charge in [-0.05, 0) is 61.8 Å². The number of aliphatic hydroxyl groups is 1. The maximum Gasteiger partial charge on any atom is 0.411 e. The van der Waals surface area contributed by atoms with E-state index in [2.05, 4.69) is 11.8 Å². The number of esters is 1. The van der Waals surface area contributed by atoms with Crippen molar-refractivity contribution >= 4 is 12.1 Å². The average molecular weight is 394 g/mol. The zero-order valence-corrected chi connectivity index (χ0v) is 18.4. The van der Waals surface area contributed by atoms with Crippen molar-refractivity contribution in [1.29, 1.82) is 0 Å². The van der Waals surface area contributed by atoms with Crippen LogP contribution in [0.2, 0.25) is 0 Å². The number of allylic oxidation sites excluding steroid dienone is 1. The van der Waals surface area contributed by atoms with Crippen LogP contribution in [0.3, 0.4) is 0 Å². The lowest BCUT2D eigenvalue weighted by Crippen LogP contribution is -2.50. The molecular formula is C22H35NO5. The van der Waals surface area contributed by atoms with E-state index in [-0.39, 0.29) is 12.3 Å². The van der Waals surface area contributed by atoms with E-state index in [1.54, 1.807) is 48.5 Å². The second-order valence-electron chi connectivity index (χ2n) is 9.08. The second-order valence-corrected chi connectivity index (χ2v) is 9.08. The number of ether oxygens (including phenoxy) is 2. The molecule has 0 aromatic rings. The summed E-state index contributed by atoms with van der Waals surface area (Å²) in [5, 5.41) is 10.2. The molecule has 4 atom stereocenters. The molecule has 0 spiro atoms. The molecular weight excluding hydrogens is 358 g/mol. The lowest BCUT2D eigenvalue weighted by molar-refractivity contribution is -0.160. The lowest BCUT2D eigenvalue weighted by Gasteiger charge is -2.34. The van der Waals surface area contributed by atoms with Crippen molar-refractivity contribution in [2.45, 2.75) is 97.6 Å². The molecule has 0 aromatic heterocycles. The Morgan fingerprint density at radius 3 is 2.21 bits per heavy atom. The molecule has 28 heavy (non-hydrogen) atoms. The third kappa shape index (κ3) is 7.20. The molecule has 1 aliphatic heterocycles. The van der Waals surface area contributed by atoms with Gasteiger partial charge in [0, 0.05) is 18.4 Å². The first-order valence-electron chi connectivity index (χ1n) is 9.76. The van der Waals surface area contributed by atoms with E-state index in [1.807, 2.05) is 19.1 Å². The minimum atomic E-state index is -0.898. The predicted molar refractivity (Wildman–Crippen MR) is 108 cm³/mol. The molecule has 1 unspecified atom stereocenters. The van der Waals surface area contributed by atoms with Crippen LogP contribution >= 0.6 is 0 Å². The summed E-state index contributed by atoms with van der Waals surface area (Å²) in [7, 11) is 0. The molecule has 158 valence electrons. The van der Waals surface area contributed by atoms with Gasteiger partial charge in [-0.15, -0.1) is 5.92 Å². The number of nitrogens with zero attached hydrogens (tertiary/aromatic N) is 1. The van der Waals surface area contributed by atoms with E-state index in [1.165, 1.54) is 4.90 Å². The molecule has 1 rings (SSSR count). The first kappa shape index (κ1) is 24.0. The molecule has 6 nitrogen and oxygen atoms in total. The van der Waals surface area contributed by atoms with Crippen LogP contribution in [-0.4, -0.2) is 51.5 Å². The number of rotatable bonds is 4. The minimum absolute atomic E-state index is 0.108. The van der Waals surface area contributed by atoms with Gasteiger partial charge < -0.3 is 14.6 Å². The van der Waals surface area contributed by atoms with Gasteiger partial charge in [-0.1, -0.05) is 18.1 Å². The third-order valence-corrected chi connectivity index (χ3v) is 4.18. The number of likely N-dealkylation sites (tertiary alicyclic amines) is 1. The SMILES string of the molecule is CC#CC(O)C[C@@H]1[C@H](C=CC)C[C@H](C(=O)OC(C)(C)C)N1C(=O)OC(C)(C)C. The van der Waals surface area contributed by atoms with Crippen LogP contribution in [0.15, 0.2) is 12.2 Å². The van der Waals surface area contributed by atoms with Crippen LogP contribution in [0.25, 0.3) is 0 Å². The van der Waals surface area contributed by atoms with Crippen LogP contribution in [-0.2, 0) is 14.3 Å². The number of amides is 1. The van der Waals surface area contributed by atoms with Crippen molar-refractivity contribution in [3.63, 3.8) is 0 Å². The molecule has 1 saturated heterocycles. The normalized spacial score (nSPS) is 23.9. The fourth-order valence-electron chi connectivity index (χ4n) is 3.32. The summed E-state index contributed by atoms with van der Waals surface area (Å²) in [5.41, 5.74) is -1.38. The van der Waals surface area contributed by atoms with Gasteiger partial charge in [0.2, 0.25) is 0 Å². The fourth-order valence-corrected chi connectivity index (χ4v) is 3.32. The van der Waals surface area contributed by atoms with E-state index >= 15 is 0 Å². The van der Waals surface area contributed by atoms with Gasteiger partial charge in [0.25, 0.3) is 0 Å². The molecule has 0 saturated carbocycles. The Bertz CT molecular complexity index is 645. The molecule has 1 heterocycles. The summed E-state index contributed by atoms with van der Waals surface area (Å²) in [4.78, 5) is 27.3. The van der Waals surface area contributed by atoms with E-state index < -0.39 is 41.5 Å². The maximum absolute atomic E-state index is 13.0. The summed E-state index contributed by atoms with van der Waals surface area (Å²) in [5.74, 6) is 4.83. The van der Waals surface area contributed by atoms with Gasteiger partial charge in [-0.2, -0.15) is 0 Å². The predicted octanol–water partition coefficient (Wildman–Crippen LogP) is 3.67. The maximum atomic E-state index is 13.0. The van der Waals surface area contributed by atoms with Crippen LogP contribution in [0.5, 0.6) is 0 Å². The summed E-state index contributed by atoms with van der Waals surface area (Å²) in [6.07, 6.45) is 3.00. The molecule has 1 N–H and O–H groups in total. The van der Waals surface area contributed by atoms with Gasteiger partial charge in [0.05, 0.1) is 0 Å². The van der Waals surface area contributed by atoms with Crippen molar-refractivity contribution in [3.05, 3.63) is 12.2 Å². The number of carbonyl (C=O) groups excluding carboxylic acids is 2. The van der Waals surface area contributed by atoms with Crippen LogP contribution in [0.1, 0.15) is 68.2 Å². The number of carbonyl (C=O) groups is 2. The Balaban J connectivity index is 3.29. The van der Waals surface area contributed by atoms with Crippen molar-refractivity contribution < 1.29 is 24.2 Å². The summed E-state index contributed by atoms with van der Waals surface area (Å²) in [6.45, 7) is 14.2.